The van der Waals surface area contributed by atoms with E-state index in [-0.39, 0.29) is 5.82 Å². The molecule has 1 saturated heterocycles. The van der Waals surface area contributed by atoms with Gasteiger partial charge in [-0.25, -0.2) is 4.39 Å². The molecule has 1 heterocycles. The van der Waals surface area contributed by atoms with Gasteiger partial charge in [0.15, 0.2) is 11.6 Å². The van der Waals surface area contributed by atoms with Crippen molar-refractivity contribution in [3.63, 3.8) is 0 Å². The van der Waals surface area contributed by atoms with Crippen LogP contribution in [0.25, 0.3) is 0 Å². The molecule has 1 aromatic carbocycles. The first-order chi connectivity index (χ1) is 8.26. The highest BCUT2D eigenvalue weighted by atomic mass is 19.1. The summed E-state index contributed by atoms with van der Waals surface area (Å²) >= 11 is 0. The van der Waals surface area contributed by atoms with Crippen molar-refractivity contribution < 1.29 is 9.13 Å². The molecular weight excluding hydrogens is 217 g/mol. The van der Waals surface area contributed by atoms with E-state index in [2.05, 4.69) is 11.4 Å². The molecule has 3 heteroatoms. The molecule has 1 aliphatic rings. The number of halogens is 1. The Labute approximate surface area is 102 Å². The zero-order chi connectivity index (χ0) is 12.3. The Bertz CT molecular complexity index is 386. The van der Waals surface area contributed by atoms with Gasteiger partial charge in [-0.2, -0.15) is 0 Å². The molecule has 17 heavy (non-hydrogen) atoms. The Balaban J connectivity index is 2.38. The molecule has 2 rings (SSSR count). The quantitative estimate of drug-likeness (QED) is 0.872. The first-order valence-corrected chi connectivity index (χ1v) is 6.33. The van der Waals surface area contributed by atoms with Gasteiger partial charge in [0.25, 0.3) is 0 Å². The standard InChI is InChI=1S/C14H20FNO/c1-3-10-8-12(11-4-6-16-7-5-11)14(17-2)13(15)9-10/h8-9,11,16H,3-7H2,1-2H3. The van der Waals surface area contributed by atoms with E-state index >= 15 is 0 Å². The van der Waals surface area contributed by atoms with Crippen LogP contribution in [0.4, 0.5) is 4.39 Å². The van der Waals surface area contributed by atoms with Gasteiger partial charge < -0.3 is 10.1 Å². The third-order valence-electron chi connectivity index (χ3n) is 3.52. The SMILES string of the molecule is CCc1cc(F)c(OC)c(C2CCNCC2)c1. The van der Waals surface area contributed by atoms with Crippen LogP contribution < -0.4 is 10.1 Å². The summed E-state index contributed by atoms with van der Waals surface area (Å²) in [5, 5.41) is 3.33. The number of piperidine rings is 1. The summed E-state index contributed by atoms with van der Waals surface area (Å²) in [6.45, 7) is 4.06. The maximum atomic E-state index is 13.9. The van der Waals surface area contributed by atoms with E-state index in [0.717, 1.165) is 43.5 Å². The lowest BCUT2D eigenvalue weighted by atomic mass is 9.88. The van der Waals surface area contributed by atoms with E-state index in [1.807, 2.05) is 6.92 Å². The number of hydrogen-bond donors (Lipinski definition) is 1. The third-order valence-corrected chi connectivity index (χ3v) is 3.52. The van der Waals surface area contributed by atoms with Gasteiger partial charge in [-0.05, 0) is 49.9 Å². The Morgan fingerprint density at radius 1 is 1.35 bits per heavy atom. The minimum atomic E-state index is -0.222. The maximum absolute atomic E-state index is 13.9. The smallest absolute Gasteiger partial charge is 0.165 e. The first-order valence-electron chi connectivity index (χ1n) is 6.33. The van der Waals surface area contributed by atoms with Crippen molar-refractivity contribution in [2.45, 2.75) is 32.1 Å². The van der Waals surface area contributed by atoms with Crippen molar-refractivity contribution >= 4 is 0 Å². The predicted molar refractivity (Wildman–Crippen MR) is 67.2 cm³/mol. The van der Waals surface area contributed by atoms with E-state index in [0.29, 0.717) is 11.7 Å². The molecule has 1 N–H and O–H groups in total. The summed E-state index contributed by atoms with van der Waals surface area (Å²) in [6, 6.07) is 3.70. The molecule has 2 nitrogen and oxygen atoms in total. The van der Waals surface area contributed by atoms with Gasteiger partial charge in [0.05, 0.1) is 7.11 Å². The van der Waals surface area contributed by atoms with Crippen LogP contribution in [0, 0.1) is 5.82 Å². The van der Waals surface area contributed by atoms with Gasteiger partial charge in [0.2, 0.25) is 0 Å². The number of methoxy groups -OCH3 is 1. The second-order valence-corrected chi connectivity index (χ2v) is 4.58. The molecule has 1 fully saturated rings. The Hall–Kier alpha value is -1.09. The summed E-state index contributed by atoms with van der Waals surface area (Å²) < 4.78 is 19.1. The highest BCUT2D eigenvalue weighted by Crippen LogP contribution is 2.35. The second kappa shape index (κ2) is 5.50. The van der Waals surface area contributed by atoms with Gasteiger partial charge >= 0.3 is 0 Å². The van der Waals surface area contributed by atoms with Gasteiger partial charge in [-0.3, -0.25) is 0 Å². The molecular formula is C14H20FNO. The van der Waals surface area contributed by atoms with Crippen LogP contribution in [-0.4, -0.2) is 20.2 Å². The topological polar surface area (TPSA) is 21.3 Å². The Morgan fingerprint density at radius 3 is 2.65 bits per heavy atom. The van der Waals surface area contributed by atoms with E-state index in [1.165, 1.54) is 0 Å². The summed E-state index contributed by atoms with van der Waals surface area (Å²) in [7, 11) is 1.55. The molecule has 1 aliphatic heterocycles. The molecule has 0 amide bonds. The fourth-order valence-electron chi connectivity index (χ4n) is 2.53. The van der Waals surface area contributed by atoms with Crippen molar-refractivity contribution in [3.05, 3.63) is 29.1 Å². The molecule has 1 aromatic rings. The zero-order valence-electron chi connectivity index (χ0n) is 10.6. The molecule has 0 radical (unpaired) electrons. The molecule has 0 bridgehead atoms. The molecule has 0 aromatic heterocycles. The van der Waals surface area contributed by atoms with Crippen LogP contribution in [-0.2, 0) is 6.42 Å². The fourth-order valence-corrected chi connectivity index (χ4v) is 2.53. The second-order valence-electron chi connectivity index (χ2n) is 4.58. The first kappa shape index (κ1) is 12.4. The van der Waals surface area contributed by atoms with E-state index in [9.17, 15) is 4.39 Å². The average Bonchev–Trinajstić information content (AvgIpc) is 2.38. The summed E-state index contributed by atoms with van der Waals surface area (Å²) in [6.07, 6.45) is 2.98. The van der Waals surface area contributed by atoms with Crippen molar-refractivity contribution in [1.82, 2.24) is 5.32 Å². The number of hydrogen-bond acceptors (Lipinski definition) is 2. The van der Waals surface area contributed by atoms with Gasteiger partial charge in [-0.15, -0.1) is 0 Å². The summed E-state index contributed by atoms with van der Waals surface area (Å²) in [5.74, 6) is 0.640. The van der Waals surface area contributed by atoms with E-state index in [4.69, 9.17) is 4.74 Å². The van der Waals surface area contributed by atoms with E-state index in [1.54, 1.807) is 13.2 Å². The normalized spacial score (nSPS) is 17.1. The monoisotopic (exact) mass is 237 g/mol. The molecule has 0 unspecified atom stereocenters. The Kier molecular flexibility index (Phi) is 4.00. The lowest BCUT2D eigenvalue weighted by Crippen LogP contribution is -2.27. The fraction of sp³-hybridized carbons (Fsp3) is 0.571. The third kappa shape index (κ3) is 2.60. The lowest BCUT2D eigenvalue weighted by molar-refractivity contribution is 0.367. The predicted octanol–water partition coefficient (Wildman–Crippen LogP) is 2.86. The van der Waals surface area contributed by atoms with Crippen LogP contribution in [0.3, 0.4) is 0 Å². The molecule has 0 aliphatic carbocycles. The number of ether oxygens (including phenoxy) is 1. The van der Waals surface area contributed by atoms with Crippen LogP contribution in [0.2, 0.25) is 0 Å². The van der Waals surface area contributed by atoms with Crippen LogP contribution in [0.5, 0.6) is 5.75 Å². The molecule has 94 valence electrons. The number of nitrogens with one attached hydrogen (secondary N) is 1. The molecule has 0 spiro atoms. The lowest BCUT2D eigenvalue weighted by Gasteiger charge is -2.25. The molecule has 0 atom stereocenters. The Morgan fingerprint density at radius 2 is 2.06 bits per heavy atom. The van der Waals surface area contributed by atoms with Crippen molar-refractivity contribution in [3.8, 4) is 5.75 Å². The summed E-state index contributed by atoms with van der Waals surface area (Å²) in [5.41, 5.74) is 2.10. The van der Waals surface area contributed by atoms with Gasteiger partial charge in [-0.1, -0.05) is 13.0 Å². The van der Waals surface area contributed by atoms with Crippen molar-refractivity contribution in [1.29, 1.82) is 0 Å². The highest BCUT2D eigenvalue weighted by molar-refractivity contribution is 5.41. The largest absolute Gasteiger partial charge is 0.493 e. The summed E-state index contributed by atoms with van der Waals surface area (Å²) in [4.78, 5) is 0. The number of benzene rings is 1. The van der Waals surface area contributed by atoms with Crippen LogP contribution in [0.1, 0.15) is 36.8 Å². The van der Waals surface area contributed by atoms with Gasteiger partial charge in [0.1, 0.15) is 0 Å². The minimum absolute atomic E-state index is 0.222. The maximum Gasteiger partial charge on any atom is 0.165 e. The highest BCUT2D eigenvalue weighted by Gasteiger charge is 2.21. The zero-order valence-corrected chi connectivity index (χ0v) is 10.6. The van der Waals surface area contributed by atoms with E-state index < -0.39 is 0 Å². The minimum Gasteiger partial charge on any atom is -0.493 e. The van der Waals surface area contributed by atoms with Gasteiger partial charge in [0, 0.05) is 5.56 Å². The number of rotatable bonds is 3. The van der Waals surface area contributed by atoms with Crippen molar-refractivity contribution in [2.75, 3.05) is 20.2 Å². The molecule has 0 saturated carbocycles. The van der Waals surface area contributed by atoms with Crippen molar-refractivity contribution in [2.24, 2.45) is 0 Å². The number of aryl methyl sites for hydroxylation is 1. The van der Waals surface area contributed by atoms with Crippen LogP contribution >= 0.6 is 0 Å². The average molecular weight is 237 g/mol. The van der Waals surface area contributed by atoms with Crippen LogP contribution in [0.15, 0.2) is 12.1 Å².